The van der Waals surface area contributed by atoms with Gasteiger partial charge in [0, 0.05) is 6.54 Å². The van der Waals surface area contributed by atoms with Gasteiger partial charge in [-0.05, 0) is 32.1 Å². The number of sulfone groups is 1. The summed E-state index contributed by atoms with van der Waals surface area (Å²) >= 11 is 0. The van der Waals surface area contributed by atoms with Crippen LogP contribution in [-0.2, 0) is 14.6 Å². The molecule has 0 radical (unpaired) electrons. The molecule has 0 spiro atoms. The maximum Gasteiger partial charge on any atom is 0.407 e. The third kappa shape index (κ3) is 4.83. The molecule has 0 aromatic heterocycles. The molecule has 0 bridgehead atoms. The summed E-state index contributed by atoms with van der Waals surface area (Å²) in [6.45, 7) is 2.67. The second-order valence-electron chi connectivity index (χ2n) is 4.06. The average Bonchev–Trinajstić information content (AvgIpc) is 2.54. The molecule has 1 heterocycles. The fraction of sp³-hybridized carbons (Fsp3) is 0.900. The molecule has 1 amide bonds. The Morgan fingerprint density at radius 1 is 1.50 bits per heavy atom. The first kappa shape index (κ1) is 13.3. The number of amides is 1. The highest BCUT2D eigenvalue weighted by molar-refractivity contribution is 7.91. The Kier molecular flexibility index (Phi) is 5.05. The van der Waals surface area contributed by atoms with Crippen molar-refractivity contribution in [2.45, 2.75) is 26.2 Å². The number of hydrogen-bond donors (Lipinski definition) is 1. The Labute approximate surface area is 96.5 Å². The van der Waals surface area contributed by atoms with E-state index in [1.807, 2.05) is 0 Å². The molecule has 5 nitrogen and oxygen atoms in total. The van der Waals surface area contributed by atoms with Crippen LogP contribution in [0.15, 0.2) is 0 Å². The van der Waals surface area contributed by atoms with Crippen molar-refractivity contribution >= 4 is 15.9 Å². The van der Waals surface area contributed by atoms with Crippen LogP contribution in [0.4, 0.5) is 4.79 Å². The molecule has 0 saturated carbocycles. The van der Waals surface area contributed by atoms with Crippen molar-refractivity contribution in [2.24, 2.45) is 5.92 Å². The van der Waals surface area contributed by atoms with E-state index in [9.17, 15) is 13.2 Å². The van der Waals surface area contributed by atoms with E-state index in [0.717, 1.165) is 19.3 Å². The molecule has 1 aliphatic rings. The van der Waals surface area contributed by atoms with Crippen LogP contribution >= 0.6 is 0 Å². The fourth-order valence-corrected chi connectivity index (χ4v) is 3.77. The minimum absolute atomic E-state index is 0.272. The van der Waals surface area contributed by atoms with Gasteiger partial charge in [0.1, 0.15) is 0 Å². The van der Waals surface area contributed by atoms with Crippen LogP contribution in [0.1, 0.15) is 26.2 Å². The summed E-state index contributed by atoms with van der Waals surface area (Å²) in [5.41, 5.74) is 0. The maximum absolute atomic E-state index is 11.2. The molecule has 0 aromatic carbocycles. The standard InChI is InChI=1S/C10H19NO4S/c1-2-15-10(12)11-6-3-4-9-5-7-16(13,14)8-9/h9H,2-8H2,1H3,(H,11,12). The Balaban J connectivity index is 2.06. The van der Waals surface area contributed by atoms with Crippen LogP contribution < -0.4 is 5.32 Å². The summed E-state index contributed by atoms with van der Waals surface area (Å²) in [6.07, 6.45) is 2.02. The number of nitrogens with one attached hydrogen (secondary N) is 1. The van der Waals surface area contributed by atoms with Crippen molar-refractivity contribution in [1.82, 2.24) is 5.32 Å². The predicted octanol–water partition coefficient (Wildman–Crippen LogP) is 0.947. The van der Waals surface area contributed by atoms with Crippen molar-refractivity contribution < 1.29 is 17.9 Å². The molecule has 1 N–H and O–H groups in total. The second-order valence-corrected chi connectivity index (χ2v) is 6.29. The van der Waals surface area contributed by atoms with E-state index in [1.54, 1.807) is 6.92 Å². The van der Waals surface area contributed by atoms with Gasteiger partial charge in [-0.2, -0.15) is 0 Å². The molecule has 1 saturated heterocycles. The number of alkyl carbamates (subject to hydrolysis) is 1. The van der Waals surface area contributed by atoms with Gasteiger partial charge in [-0.3, -0.25) is 0 Å². The van der Waals surface area contributed by atoms with Gasteiger partial charge >= 0.3 is 6.09 Å². The van der Waals surface area contributed by atoms with E-state index in [1.165, 1.54) is 0 Å². The normalized spacial score (nSPS) is 22.9. The first-order valence-electron chi connectivity index (χ1n) is 5.64. The van der Waals surface area contributed by atoms with Gasteiger partial charge in [0.25, 0.3) is 0 Å². The summed E-state index contributed by atoms with van der Waals surface area (Å²) in [5.74, 6) is 0.907. The van der Waals surface area contributed by atoms with E-state index in [4.69, 9.17) is 4.74 Å². The van der Waals surface area contributed by atoms with Gasteiger partial charge in [-0.25, -0.2) is 13.2 Å². The number of carbonyl (C=O) groups excluding carboxylic acids is 1. The minimum Gasteiger partial charge on any atom is -0.450 e. The summed E-state index contributed by atoms with van der Waals surface area (Å²) in [6, 6.07) is 0. The van der Waals surface area contributed by atoms with Gasteiger partial charge in [0.2, 0.25) is 0 Å². The van der Waals surface area contributed by atoms with Crippen molar-refractivity contribution in [1.29, 1.82) is 0 Å². The summed E-state index contributed by atoms with van der Waals surface area (Å²) in [4.78, 5) is 10.9. The molecule has 0 aliphatic carbocycles. The Morgan fingerprint density at radius 2 is 2.25 bits per heavy atom. The van der Waals surface area contributed by atoms with Gasteiger partial charge in [0.15, 0.2) is 9.84 Å². The molecule has 1 unspecified atom stereocenters. The molecular weight excluding hydrogens is 230 g/mol. The fourth-order valence-electron chi connectivity index (χ4n) is 1.86. The average molecular weight is 249 g/mol. The van der Waals surface area contributed by atoms with Crippen molar-refractivity contribution in [3.63, 3.8) is 0 Å². The van der Waals surface area contributed by atoms with Crippen molar-refractivity contribution in [3.8, 4) is 0 Å². The Bertz CT molecular complexity index is 326. The van der Waals surface area contributed by atoms with Crippen LogP contribution in [0, 0.1) is 5.92 Å². The molecule has 0 aromatic rings. The lowest BCUT2D eigenvalue weighted by atomic mass is 10.0. The highest BCUT2D eigenvalue weighted by Crippen LogP contribution is 2.22. The zero-order valence-corrected chi connectivity index (χ0v) is 10.4. The van der Waals surface area contributed by atoms with Crippen LogP contribution in [-0.4, -0.2) is 39.2 Å². The van der Waals surface area contributed by atoms with Crippen molar-refractivity contribution in [3.05, 3.63) is 0 Å². The molecular formula is C10H19NO4S. The summed E-state index contributed by atoms with van der Waals surface area (Å²) in [5, 5.41) is 2.62. The summed E-state index contributed by atoms with van der Waals surface area (Å²) in [7, 11) is -2.77. The van der Waals surface area contributed by atoms with Gasteiger partial charge in [0.05, 0.1) is 18.1 Å². The third-order valence-electron chi connectivity index (χ3n) is 2.66. The highest BCUT2D eigenvalue weighted by Gasteiger charge is 2.27. The Hall–Kier alpha value is -0.780. The monoisotopic (exact) mass is 249 g/mol. The third-order valence-corrected chi connectivity index (χ3v) is 4.50. The smallest absolute Gasteiger partial charge is 0.407 e. The first-order chi connectivity index (χ1) is 7.53. The van der Waals surface area contributed by atoms with E-state index in [0.29, 0.717) is 24.7 Å². The number of hydrogen-bond acceptors (Lipinski definition) is 4. The molecule has 1 aliphatic heterocycles. The van der Waals surface area contributed by atoms with Gasteiger partial charge in [-0.15, -0.1) is 0 Å². The second kappa shape index (κ2) is 6.08. The lowest BCUT2D eigenvalue weighted by Gasteiger charge is -2.08. The number of carbonyl (C=O) groups is 1. The van der Waals surface area contributed by atoms with Gasteiger partial charge in [-0.1, -0.05) is 0 Å². The van der Waals surface area contributed by atoms with E-state index in [-0.39, 0.29) is 5.92 Å². The molecule has 1 fully saturated rings. The quantitative estimate of drug-likeness (QED) is 0.736. The van der Waals surface area contributed by atoms with Crippen molar-refractivity contribution in [2.75, 3.05) is 24.7 Å². The minimum atomic E-state index is -2.77. The lowest BCUT2D eigenvalue weighted by Crippen LogP contribution is -2.25. The molecule has 1 rings (SSSR count). The number of ether oxygens (including phenoxy) is 1. The lowest BCUT2D eigenvalue weighted by molar-refractivity contribution is 0.152. The molecule has 94 valence electrons. The molecule has 16 heavy (non-hydrogen) atoms. The van der Waals surface area contributed by atoms with Crippen LogP contribution in [0.25, 0.3) is 0 Å². The van der Waals surface area contributed by atoms with Crippen LogP contribution in [0.2, 0.25) is 0 Å². The predicted molar refractivity (Wildman–Crippen MR) is 61.0 cm³/mol. The topological polar surface area (TPSA) is 72.5 Å². The Morgan fingerprint density at radius 3 is 2.81 bits per heavy atom. The van der Waals surface area contributed by atoms with Crippen LogP contribution in [0.3, 0.4) is 0 Å². The molecule has 6 heteroatoms. The highest BCUT2D eigenvalue weighted by atomic mass is 32.2. The maximum atomic E-state index is 11.2. The van der Waals surface area contributed by atoms with Crippen LogP contribution in [0.5, 0.6) is 0 Å². The van der Waals surface area contributed by atoms with E-state index >= 15 is 0 Å². The first-order valence-corrected chi connectivity index (χ1v) is 7.46. The zero-order chi connectivity index (χ0) is 12.0. The van der Waals surface area contributed by atoms with E-state index in [2.05, 4.69) is 5.32 Å². The molecule has 1 atom stereocenters. The van der Waals surface area contributed by atoms with Gasteiger partial charge < -0.3 is 10.1 Å². The zero-order valence-electron chi connectivity index (χ0n) is 9.57. The number of rotatable bonds is 5. The summed E-state index contributed by atoms with van der Waals surface area (Å²) < 4.78 is 27.1. The SMILES string of the molecule is CCOC(=O)NCCCC1CCS(=O)(=O)C1. The largest absolute Gasteiger partial charge is 0.450 e. The van der Waals surface area contributed by atoms with E-state index < -0.39 is 15.9 Å².